The van der Waals surface area contributed by atoms with Crippen molar-refractivity contribution in [3.05, 3.63) is 54.4 Å². The van der Waals surface area contributed by atoms with Gasteiger partial charge in [0.2, 0.25) is 5.91 Å². The number of amides is 1. The zero-order chi connectivity index (χ0) is 15.8. The first-order valence-corrected chi connectivity index (χ1v) is 8.03. The second kappa shape index (κ2) is 8.51. The average Bonchev–Trinajstić information content (AvgIpc) is 2.55. The average molecular weight is 316 g/mol. The van der Waals surface area contributed by atoms with Crippen LogP contribution in [0.2, 0.25) is 0 Å². The number of rotatable bonds is 7. The Bertz CT molecular complexity index is 577. The second-order valence-electron chi connectivity index (χ2n) is 5.01. The first-order valence-electron chi connectivity index (χ1n) is 7.04. The molecule has 1 atom stereocenters. The lowest BCUT2D eigenvalue weighted by Gasteiger charge is -2.25. The monoisotopic (exact) mass is 316 g/mol. The first-order chi connectivity index (χ1) is 10.7. The van der Waals surface area contributed by atoms with Crippen molar-refractivity contribution in [2.45, 2.75) is 11.2 Å². The molecule has 0 saturated carbocycles. The van der Waals surface area contributed by atoms with Gasteiger partial charge in [-0.2, -0.15) is 0 Å². The van der Waals surface area contributed by atoms with Crippen molar-refractivity contribution in [2.75, 3.05) is 26.4 Å². The Morgan fingerprint density at radius 2 is 1.86 bits per heavy atom. The summed E-state index contributed by atoms with van der Waals surface area (Å²) in [5.74, 6) is 0.305. The van der Waals surface area contributed by atoms with Crippen LogP contribution in [-0.4, -0.2) is 47.2 Å². The number of carbonyl (C=O) groups is 1. The molecule has 0 saturated heterocycles. The molecule has 2 aromatic rings. The van der Waals surface area contributed by atoms with Crippen LogP contribution in [0.1, 0.15) is 11.6 Å². The van der Waals surface area contributed by atoms with Gasteiger partial charge in [-0.25, -0.2) is 9.97 Å². The van der Waals surface area contributed by atoms with Crippen molar-refractivity contribution in [1.82, 2.24) is 20.2 Å². The molecular formula is C16H20N4OS. The van der Waals surface area contributed by atoms with Crippen LogP contribution in [0.5, 0.6) is 0 Å². The Kier molecular flexibility index (Phi) is 6.36. The van der Waals surface area contributed by atoms with Crippen LogP contribution in [0.25, 0.3) is 0 Å². The highest BCUT2D eigenvalue weighted by Gasteiger charge is 2.15. The van der Waals surface area contributed by atoms with Gasteiger partial charge in [-0.05, 0) is 25.7 Å². The molecule has 116 valence electrons. The van der Waals surface area contributed by atoms with E-state index in [1.807, 2.05) is 32.3 Å². The molecule has 0 fully saturated rings. The first kappa shape index (κ1) is 16.5. The number of aromatic nitrogens is 2. The van der Waals surface area contributed by atoms with Crippen LogP contribution in [0.15, 0.2) is 53.9 Å². The summed E-state index contributed by atoms with van der Waals surface area (Å²) in [5.41, 5.74) is 1.19. The fraction of sp³-hybridized carbons (Fsp3) is 0.312. The molecular weight excluding hydrogens is 296 g/mol. The van der Waals surface area contributed by atoms with Gasteiger partial charge >= 0.3 is 0 Å². The summed E-state index contributed by atoms with van der Waals surface area (Å²) >= 11 is 1.34. The molecule has 1 N–H and O–H groups in total. The van der Waals surface area contributed by atoms with Crippen LogP contribution in [0, 0.1) is 0 Å². The third-order valence-electron chi connectivity index (χ3n) is 3.17. The number of likely N-dealkylation sites (N-methyl/N-ethyl adjacent to an activating group) is 1. The van der Waals surface area contributed by atoms with E-state index in [0.717, 1.165) is 0 Å². The summed E-state index contributed by atoms with van der Waals surface area (Å²) in [4.78, 5) is 22.2. The molecule has 0 aliphatic heterocycles. The highest BCUT2D eigenvalue weighted by molar-refractivity contribution is 7.99. The number of benzene rings is 1. The fourth-order valence-corrected chi connectivity index (χ4v) is 2.66. The summed E-state index contributed by atoms with van der Waals surface area (Å²) in [5, 5.41) is 3.59. The smallest absolute Gasteiger partial charge is 0.230 e. The largest absolute Gasteiger partial charge is 0.353 e. The van der Waals surface area contributed by atoms with E-state index in [-0.39, 0.29) is 11.9 Å². The molecule has 1 unspecified atom stereocenters. The number of hydrogen-bond donors (Lipinski definition) is 1. The van der Waals surface area contributed by atoms with Crippen molar-refractivity contribution >= 4 is 17.7 Å². The molecule has 1 amide bonds. The van der Waals surface area contributed by atoms with Crippen LogP contribution < -0.4 is 5.32 Å². The Hall–Kier alpha value is -1.92. The minimum Gasteiger partial charge on any atom is -0.353 e. The lowest BCUT2D eigenvalue weighted by atomic mass is 10.1. The van der Waals surface area contributed by atoms with Crippen LogP contribution in [0.4, 0.5) is 0 Å². The number of carbonyl (C=O) groups excluding carboxylic acids is 1. The highest BCUT2D eigenvalue weighted by atomic mass is 32.2. The molecule has 0 aliphatic carbocycles. The molecule has 1 aromatic carbocycles. The van der Waals surface area contributed by atoms with Gasteiger partial charge in [-0.15, -0.1) is 0 Å². The zero-order valence-corrected chi connectivity index (χ0v) is 13.6. The maximum atomic E-state index is 12.0. The minimum absolute atomic E-state index is 0.0137. The molecule has 5 nitrogen and oxygen atoms in total. The predicted octanol–water partition coefficient (Wildman–Crippen LogP) is 1.99. The van der Waals surface area contributed by atoms with E-state index in [9.17, 15) is 4.79 Å². The molecule has 1 heterocycles. The second-order valence-corrected chi connectivity index (χ2v) is 5.96. The van der Waals surface area contributed by atoms with E-state index in [1.165, 1.54) is 17.3 Å². The molecule has 0 spiro atoms. The van der Waals surface area contributed by atoms with E-state index in [4.69, 9.17) is 0 Å². The number of nitrogens with zero attached hydrogens (tertiary/aromatic N) is 3. The van der Waals surface area contributed by atoms with Gasteiger partial charge in [0.25, 0.3) is 0 Å². The summed E-state index contributed by atoms with van der Waals surface area (Å²) in [6, 6.07) is 12.1. The van der Waals surface area contributed by atoms with Crippen LogP contribution in [-0.2, 0) is 4.79 Å². The Morgan fingerprint density at radius 3 is 2.50 bits per heavy atom. The summed E-state index contributed by atoms with van der Waals surface area (Å²) < 4.78 is 0. The van der Waals surface area contributed by atoms with Gasteiger partial charge in [-0.1, -0.05) is 42.1 Å². The van der Waals surface area contributed by atoms with E-state index in [0.29, 0.717) is 17.5 Å². The number of nitrogens with one attached hydrogen (secondary N) is 1. The van der Waals surface area contributed by atoms with E-state index in [2.05, 4.69) is 32.3 Å². The number of hydrogen-bond acceptors (Lipinski definition) is 5. The topological polar surface area (TPSA) is 58.1 Å². The number of thioether (sulfide) groups is 1. The molecule has 6 heteroatoms. The Morgan fingerprint density at radius 1 is 1.18 bits per heavy atom. The van der Waals surface area contributed by atoms with Crippen molar-refractivity contribution in [1.29, 1.82) is 0 Å². The summed E-state index contributed by atoms with van der Waals surface area (Å²) in [6.45, 7) is 0.575. The molecule has 1 aromatic heterocycles. The quantitative estimate of drug-likeness (QED) is 0.625. The van der Waals surface area contributed by atoms with Gasteiger partial charge in [0.05, 0.1) is 11.8 Å². The van der Waals surface area contributed by atoms with Crippen molar-refractivity contribution < 1.29 is 4.79 Å². The lowest BCUT2D eigenvalue weighted by Crippen LogP contribution is -2.35. The van der Waals surface area contributed by atoms with E-state index >= 15 is 0 Å². The van der Waals surface area contributed by atoms with Gasteiger partial charge in [0.1, 0.15) is 0 Å². The van der Waals surface area contributed by atoms with Gasteiger partial charge in [-0.3, -0.25) is 4.79 Å². The standard InChI is InChI=1S/C16H20N4OS/c1-20(2)14(13-7-4-3-5-8-13)11-19-15(21)12-22-16-17-9-6-10-18-16/h3-10,14H,11-12H2,1-2H3,(H,19,21). The Balaban J connectivity index is 1.83. The van der Waals surface area contributed by atoms with E-state index in [1.54, 1.807) is 18.5 Å². The predicted molar refractivity (Wildman–Crippen MR) is 88.6 cm³/mol. The van der Waals surface area contributed by atoms with Crippen molar-refractivity contribution in [3.8, 4) is 0 Å². The van der Waals surface area contributed by atoms with Gasteiger partial charge in [0, 0.05) is 18.9 Å². The molecule has 22 heavy (non-hydrogen) atoms. The van der Waals surface area contributed by atoms with Gasteiger partial charge in [0.15, 0.2) is 5.16 Å². The maximum Gasteiger partial charge on any atom is 0.230 e. The third kappa shape index (κ3) is 5.13. The molecule has 0 radical (unpaired) electrons. The summed E-state index contributed by atoms with van der Waals surface area (Å²) in [7, 11) is 4.02. The SMILES string of the molecule is CN(C)C(CNC(=O)CSc1ncccn1)c1ccccc1. The molecule has 0 bridgehead atoms. The van der Waals surface area contributed by atoms with E-state index < -0.39 is 0 Å². The normalized spacial score (nSPS) is 12.1. The fourth-order valence-electron chi connectivity index (χ4n) is 2.03. The Labute approximate surface area is 135 Å². The minimum atomic E-state index is -0.0137. The summed E-state index contributed by atoms with van der Waals surface area (Å²) in [6.07, 6.45) is 3.34. The maximum absolute atomic E-state index is 12.0. The lowest BCUT2D eigenvalue weighted by molar-refractivity contribution is -0.118. The highest BCUT2D eigenvalue weighted by Crippen LogP contribution is 2.17. The molecule has 0 aliphatic rings. The van der Waals surface area contributed by atoms with Crippen molar-refractivity contribution in [2.24, 2.45) is 0 Å². The third-order valence-corrected chi connectivity index (χ3v) is 4.05. The van der Waals surface area contributed by atoms with Crippen LogP contribution >= 0.6 is 11.8 Å². The van der Waals surface area contributed by atoms with Crippen molar-refractivity contribution in [3.63, 3.8) is 0 Å². The zero-order valence-electron chi connectivity index (χ0n) is 12.8. The molecule has 2 rings (SSSR count). The van der Waals surface area contributed by atoms with Gasteiger partial charge < -0.3 is 10.2 Å². The van der Waals surface area contributed by atoms with Crippen LogP contribution in [0.3, 0.4) is 0 Å².